The van der Waals surface area contributed by atoms with E-state index in [-0.39, 0.29) is 5.69 Å². The molecule has 0 radical (unpaired) electrons. The van der Waals surface area contributed by atoms with E-state index in [1.165, 1.54) is 6.07 Å². The third kappa shape index (κ3) is 3.71. The van der Waals surface area contributed by atoms with Gasteiger partial charge in [0.2, 0.25) is 0 Å². The number of aryl methyl sites for hydroxylation is 3. The lowest BCUT2D eigenvalue weighted by Gasteiger charge is -2.05. The number of nitrogens with zero attached hydrogens (tertiary/aromatic N) is 4. The van der Waals surface area contributed by atoms with E-state index in [2.05, 4.69) is 20.4 Å². The molecule has 0 saturated heterocycles. The second-order valence-corrected chi connectivity index (χ2v) is 7.94. The van der Waals surface area contributed by atoms with Crippen LogP contribution >= 0.6 is 11.3 Å². The number of thiophene rings is 1. The van der Waals surface area contributed by atoms with Crippen molar-refractivity contribution in [3.63, 3.8) is 0 Å². The second-order valence-electron chi connectivity index (χ2n) is 6.69. The van der Waals surface area contributed by atoms with Crippen molar-refractivity contribution in [2.75, 3.05) is 5.32 Å². The Morgan fingerprint density at radius 2 is 1.77 bits per heavy atom. The van der Waals surface area contributed by atoms with Gasteiger partial charge in [0, 0.05) is 40.3 Å². The molecular weight excluding hydrogens is 408 g/mol. The number of halogens is 2. The molecule has 4 rings (SSSR count). The number of hydrogen-bond donors (Lipinski definition) is 1. The molecule has 4 aromatic rings. The van der Waals surface area contributed by atoms with Crippen LogP contribution in [0.25, 0.3) is 21.7 Å². The van der Waals surface area contributed by atoms with Crippen LogP contribution in [0.3, 0.4) is 0 Å². The van der Waals surface area contributed by atoms with Gasteiger partial charge in [0.15, 0.2) is 5.69 Å². The zero-order chi connectivity index (χ0) is 21.4. The summed E-state index contributed by atoms with van der Waals surface area (Å²) in [4.78, 5) is 23.0. The molecule has 1 N–H and O–H groups in total. The van der Waals surface area contributed by atoms with Crippen molar-refractivity contribution in [1.82, 2.24) is 19.7 Å². The van der Waals surface area contributed by atoms with Crippen molar-refractivity contribution in [3.8, 4) is 21.7 Å². The van der Waals surface area contributed by atoms with Gasteiger partial charge in [-0.2, -0.15) is 5.10 Å². The van der Waals surface area contributed by atoms with Gasteiger partial charge >= 0.3 is 0 Å². The van der Waals surface area contributed by atoms with E-state index in [1.807, 2.05) is 19.9 Å². The molecule has 1 amide bonds. The van der Waals surface area contributed by atoms with Crippen LogP contribution in [0.2, 0.25) is 0 Å². The van der Waals surface area contributed by atoms with Crippen molar-refractivity contribution in [1.29, 1.82) is 0 Å². The van der Waals surface area contributed by atoms with E-state index in [0.29, 0.717) is 11.5 Å². The fourth-order valence-corrected chi connectivity index (χ4v) is 4.03. The minimum atomic E-state index is -0.849. The van der Waals surface area contributed by atoms with Gasteiger partial charge in [0.05, 0.1) is 5.69 Å². The number of aromatic nitrogens is 4. The molecule has 3 heterocycles. The van der Waals surface area contributed by atoms with E-state index in [9.17, 15) is 13.6 Å². The second kappa shape index (κ2) is 7.75. The molecule has 30 heavy (non-hydrogen) atoms. The van der Waals surface area contributed by atoms with Crippen LogP contribution < -0.4 is 5.32 Å². The predicted octanol–water partition coefficient (Wildman–Crippen LogP) is 4.75. The van der Waals surface area contributed by atoms with Crippen LogP contribution in [0.15, 0.2) is 42.7 Å². The van der Waals surface area contributed by atoms with Crippen LogP contribution in [0, 0.1) is 25.5 Å². The van der Waals surface area contributed by atoms with Crippen molar-refractivity contribution in [2.24, 2.45) is 7.05 Å². The Labute approximate surface area is 175 Å². The zero-order valence-corrected chi connectivity index (χ0v) is 17.2. The summed E-state index contributed by atoms with van der Waals surface area (Å²) in [7, 11) is 1.71. The average molecular weight is 425 g/mol. The van der Waals surface area contributed by atoms with E-state index < -0.39 is 23.2 Å². The number of benzene rings is 1. The molecule has 0 saturated carbocycles. The lowest BCUT2D eigenvalue weighted by Crippen LogP contribution is -2.15. The number of rotatable bonds is 4. The zero-order valence-electron chi connectivity index (χ0n) is 16.4. The molecule has 0 aliphatic heterocycles. The van der Waals surface area contributed by atoms with Crippen molar-refractivity contribution in [2.45, 2.75) is 13.8 Å². The summed E-state index contributed by atoms with van der Waals surface area (Å²) in [5.41, 5.74) is 2.07. The molecule has 0 fully saturated rings. The Hall–Kier alpha value is -3.46. The fraction of sp³-hybridized carbons (Fsp3) is 0.143. The molecule has 9 heteroatoms. The summed E-state index contributed by atoms with van der Waals surface area (Å²) in [6.07, 6.45) is 3.53. The highest BCUT2D eigenvalue weighted by Crippen LogP contribution is 2.36. The minimum Gasteiger partial charge on any atom is -0.316 e. The SMILES string of the molecule is Cc1ncc(-c2cc(-c3cc(C(=O)Nc4c(F)cccc4F)nn3C)c(C)s2)cn1. The van der Waals surface area contributed by atoms with Crippen molar-refractivity contribution >= 4 is 22.9 Å². The number of para-hydroxylation sites is 1. The third-order valence-corrected chi connectivity index (χ3v) is 5.67. The van der Waals surface area contributed by atoms with E-state index in [4.69, 9.17) is 0 Å². The van der Waals surface area contributed by atoms with Gasteiger partial charge in [-0.1, -0.05) is 6.07 Å². The van der Waals surface area contributed by atoms with Crippen LogP contribution in [0.4, 0.5) is 14.5 Å². The Morgan fingerprint density at radius 1 is 1.10 bits per heavy atom. The first-order chi connectivity index (χ1) is 14.3. The summed E-state index contributed by atoms with van der Waals surface area (Å²) in [6.45, 7) is 3.80. The van der Waals surface area contributed by atoms with Gasteiger partial charge < -0.3 is 5.32 Å². The van der Waals surface area contributed by atoms with Crippen molar-refractivity contribution in [3.05, 3.63) is 70.8 Å². The first kappa shape index (κ1) is 19.8. The highest BCUT2D eigenvalue weighted by molar-refractivity contribution is 7.16. The maximum absolute atomic E-state index is 13.8. The Morgan fingerprint density at radius 3 is 2.43 bits per heavy atom. The maximum Gasteiger partial charge on any atom is 0.276 e. The van der Waals surface area contributed by atoms with Crippen LogP contribution in [0.1, 0.15) is 21.2 Å². The van der Waals surface area contributed by atoms with Gasteiger partial charge in [-0.05, 0) is 38.1 Å². The molecule has 0 unspecified atom stereocenters. The monoisotopic (exact) mass is 425 g/mol. The van der Waals surface area contributed by atoms with Gasteiger partial charge in [0.25, 0.3) is 5.91 Å². The molecule has 6 nitrogen and oxygen atoms in total. The molecule has 0 spiro atoms. The molecule has 0 aliphatic carbocycles. The van der Waals surface area contributed by atoms with Crippen LogP contribution in [0.5, 0.6) is 0 Å². The van der Waals surface area contributed by atoms with E-state index in [0.717, 1.165) is 33.0 Å². The van der Waals surface area contributed by atoms with Gasteiger partial charge in [-0.15, -0.1) is 11.3 Å². The molecular formula is C21H17F2N5OS. The molecule has 1 aromatic carbocycles. The number of carbonyl (C=O) groups is 1. The number of amides is 1. The summed E-state index contributed by atoms with van der Waals surface area (Å²) in [6, 6.07) is 6.97. The van der Waals surface area contributed by atoms with Crippen LogP contribution in [-0.4, -0.2) is 25.7 Å². The number of nitrogens with one attached hydrogen (secondary N) is 1. The summed E-state index contributed by atoms with van der Waals surface area (Å²) >= 11 is 1.58. The predicted molar refractivity (Wildman–Crippen MR) is 111 cm³/mol. The molecule has 0 atom stereocenters. The lowest BCUT2D eigenvalue weighted by atomic mass is 10.1. The topological polar surface area (TPSA) is 72.7 Å². The Bertz CT molecular complexity index is 1230. The Balaban J connectivity index is 1.64. The third-order valence-electron chi connectivity index (χ3n) is 4.57. The fourth-order valence-electron chi connectivity index (χ4n) is 3.02. The first-order valence-corrected chi connectivity index (χ1v) is 9.84. The van der Waals surface area contributed by atoms with Gasteiger partial charge in [-0.3, -0.25) is 9.48 Å². The highest BCUT2D eigenvalue weighted by Gasteiger charge is 2.20. The van der Waals surface area contributed by atoms with E-state index >= 15 is 0 Å². The summed E-state index contributed by atoms with van der Waals surface area (Å²) < 4.78 is 29.2. The van der Waals surface area contributed by atoms with E-state index in [1.54, 1.807) is 41.5 Å². The molecule has 0 bridgehead atoms. The van der Waals surface area contributed by atoms with Crippen molar-refractivity contribution < 1.29 is 13.6 Å². The highest BCUT2D eigenvalue weighted by atomic mass is 32.1. The number of hydrogen-bond acceptors (Lipinski definition) is 5. The smallest absolute Gasteiger partial charge is 0.276 e. The molecule has 3 aromatic heterocycles. The standard InChI is InChI=1S/C21H17F2N5OS/c1-11-14(7-19(30-11)13-9-24-12(2)25-10-13)18-8-17(27-28(18)3)21(29)26-20-15(22)5-4-6-16(20)23/h4-10H,1-3H3,(H,26,29). The first-order valence-electron chi connectivity index (χ1n) is 9.02. The molecule has 152 valence electrons. The summed E-state index contributed by atoms with van der Waals surface area (Å²) in [5.74, 6) is -1.70. The van der Waals surface area contributed by atoms with Gasteiger partial charge in [0.1, 0.15) is 23.1 Å². The largest absolute Gasteiger partial charge is 0.316 e. The molecule has 0 aliphatic rings. The normalized spacial score (nSPS) is 11.0. The minimum absolute atomic E-state index is 0.0565. The average Bonchev–Trinajstić information content (AvgIpc) is 3.28. The summed E-state index contributed by atoms with van der Waals surface area (Å²) in [5, 5.41) is 6.48. The van der Waals surface area contributed by atoms with Crippen LogP contribution in [-0.2, 0) is 7.05 Å². The lowest BCUT2D eigenvalue weighted by molar-refractivity contribution is 0.102. The maximum atomic E-state index is 13.8. The van der Waals surface area contributed by atoms with Gasteiger partial charge in [-0.25, -0.2) is 18.7 Å². The number of anilines is 1. The quantitative estimate of drug-likeness (QED) is 0.512. The number of carbonyl (C=O) groups excluding carboxylic acids is 1. The Kier molecular flexibility index (Phi) is 5.13.